The Morgan fingerprint density at radius 2 is 2.30 bits per heavy atom. The van der Waals surface area contributed by atoms with Gasteiger partial charge in [-0.25, -0.2) is 0 Å². The van der Waals surface area contributed by atoms with Crippen molar-refractivity contribution in [3.05, 3.63) is 33.3 Å². The van der Waals surface area contributed by atoms with Gasteiger partial charge in [0.1, 0.15) is 0 Å². The molecule has 108 valence electrons. The zero-order chi connectivity index (χ0) is 14.7. The normalized spacial score (nSPS) is 16.4. The lowest BCUT2D eigenvalue weighted by atomic mass is 10.2. The van der Waals surface area contributed by atoms with E-state index in [0.717, 1.165) is 13.0 Å². The van der Waals surface area contributed by atoms with E-state index in [1.807, 2.05) is 6.92 Å². The van der Waals surface area contributed by atoms with E-state index in [0.29, 0.717) is 28.0 Å². The molecular weight excluding hydrogens is 344 g/mol. The third-order valence-corrected chi connectivity index (χ3v) is 4.44. The summed E-state index contributed by atoms with van der Waals surface area (Å²) >= 11 is 9.19. The highest BCUT2D eigenvalue weighted by Crippen LogP contribution is 2.23. The van der Waals surface area contributed by atoms with Gasteiger partial charge in [0.15, 0.2) is 0 Å². The molecule has 2 amide bonds. The van der Waals surface area contributed by atoms with Gasteiger partial charge in [0.25, 0.3) is 5.91 Å². The van der Waals surface area contributed by atoms with Gasteiger partial charge in [-0.2, -0.15) is 0 Å². The number of halogens is 2. The third-order valence-electron chi connectivity index (χ3n) is 3.22. The Kier molecular flexibility index (Phi) is 5.05. The molecule has 1 aliphatic heterocycles. The van der Waals surface area contributed by atoms with Crippen molar-refractivity contribution in [1.82, 2.24) is 10.2 Å². The summed E-state index contributed by atoms with van der Waals surface area (Å²) < 4.78 is 0.689. The first kappa shape index (κ1) is 15.3. The molecule has 4 nitrogen and oxygen atoms in total. The van der Waals surface area contributed by atoms with Crippen molar-refractivity contribution in [2.24, 2.45) is 0 Å². The number of hydrogen-bond acceptors (Lipinski definition) is 2. The minimum atomic E-state index is -0.165. The van der Waals surface area contributed by atoms with Crippen LogP contribution in [0, 0.1) is 0 Å². The SMILES string of the molecule is CC(CN1CCCC1=O)NC(=O)c1ccc(Cl)c(Br)c1. The lowest BCUT2D eigenvalue weighted by Crippen LogP contribution is -2.42. The second-order valence-electron chi connectivity index (χ2n) is 4.95. The molecule has 0 radical (unpaired) electrons. The Balaban J connectivity index is 1.93. The van der Waals surface area contributed by atoms with Crippen molar-refractivity contribution in [3.8, 4) is 0 Å². The number of carbonyl (C=O) groups is 2. The molecule has 1 aliphatic rings. The first-order valence-corrected chi connectivity index (χ1v) is 7.68. The molecule has 1 atom stereocenters. The van der Waals surface area contributed by atoms with Crippen molar-refractivity contribution in [2.75, 3.05) is 13.1 Å². The van der Waals surface area contributed by atoms with Gasteiger partial charge >= 0.3 is 0 Å². The molecule has 0 saturated carbocycles. The van der Waals surface area contributed by atoms with E-state index in [4.69, 9.17) is 11.6 Å². The Morgan fingerprint density at radius 3 is 2.90 bits per heavy atom. The van der Waals surface area contributed by atoms with E-state index in [1.54, 1.807) is 23.1 Å². The molecule has 0 aliphatic carbocycles. The molecule has 1 heterocycles. The van der Waals surface area contributed by atoms with Crippen molar-refractivity contribution < 1.29 is 9.59 Å². The van der Waals surface area contributed by atoms with Crippen molar-refractivity contribution >= 4 is 39.3 Å². The van der Waals surface area contributed by atoms with Crippen LogP contribution < -0.4 is 5.32 Å². The van der Waals surface area contributed by atoms with Gasteiger partial charge in [-0.1, -0.05) is 11.6 Å². The highest BCUT2D eigenvalue weighted by atomic mass is 79.9. The fraction of sp³-hybridized carbons (Fsp3) is 0.429. The van der Waals surface area contributed by atoms with Gasteiger partial charge in [-0.3, -0.25) is 9.59 Å². The molecule has 0 bridgehead atoms. The predicted octanol–water partition coefficient (Wildman–Crippen LogP) is 2.84. The van der Waals surface area contributed by atoms with Gasteiger partial charge < -0.3 is 10.2 Å². The number of carbonyl (C=O) groups excluding carboxylic acids is 2. The Morgan fingerprint density at radius 1 is 1.55 bits per heavy atom. The molecule has 1 N–H and O–H groups in total. The number of benzene rings is 1. The van der Waals surface area contributed by atoms with E-state index >= 15 is 0 Å². The molecule has 1 unspecified atom stereocenters. The lowest BCUT2D eigenvalue weighted by Gasteiger charge is -2.21. The second kappa shape index (κ2) is 6.59. The summed E-state index contributed by atoms with van der Waals surface area (Å²) in [5.41, 5.74) is 0.542. The van der Waals surface area contributed by atoms with Gasteiger partial charge in [0, 0.05) is 35.6 Å². The Hall–Kier alpha value is -1.07. The Bertz CT molecular complexity index is 536. The standard InChI is InChI=1S/C14H16BrClN2O2/c1-9(8-18-6-2-3-13(18)19)17-14(20)10-4-5-12(16)11(15)7-10/h4-5,7,9H,2-3,6,8H2,1H3,(H,17,20). The van der Waals surface area contributed by atoms with Crippen molar-refractivity contribution in [1.29, 1.82) is 0 Å². The second-order valence-corrected chi connectivity index (χ2v) is 6.21. The summed E-state index contributed by atoms with van der Waals surface area (Å²) in [4.78, 5) is 25.4. The van der Waals surface area contributed by atoms with Crippen LogP contribution in [0.1, 0.15) is 30.1 Å². The highest BCUT2D eigenvalue weighted by molar-refractivity contribution is 9.10. The van der Waals surface area contributed by atoms with Crippen LogP contribution in [0.5, 0.6) is 0 Å². The molecule has 1 aromatic carbocycles. The summed E-state index contributed by atoms with van der Waals surface area (Å²) in [5, 5.41) is 3.46. The smallest absolute Gasteiger partial charge is 0.251 e. The van der Waals surface area contributed by atoms with Crippen LogP contribution >= 0.6 is 27.5 Å². The zero-order valence-corrected chi connectivity index (χ0v) is 13.5. The largest absolute Gasteiger partial charge is 0.348 e. The summed E-state index contributed by atoms with van der Waals surface area (Å²) in [6, 6.07) is 4.95. The monoisotopic (exact) mass is 358 g/mol. The highest BCUT2D eigenvalue weighted by Gasteiger charge is 2.22. The van der Waals surface area contributed by atoms with E-state index in [1.165, 1.54) is 0 Å². The molecule has 1 aromatic rings. The van der Waals surface area contributed by atoms with E-state index in [9.17, 15) is 9.59 Å². The van der Waals surface area contributed by atoms with Crippen LogP contribution in [0.3, 0.4) is 0 Å². The molecule has 0 aromatic heterocycles. The molecule has 6 heteroatoms. The number of nitrogens with zero attached hydrogens (tertiary/aromatic N) is 1. The lowest BCUT2D eigenvalue weighted by molar-refractivity contribution is -0.127. The first-order chi connectivity index (χ1) is 9.47. The number of hydrogen-bond donors (Lipinski definition) is 1. The first-order valence-electron chi connectivity index (χ1n) is 6.51. The van der Waals surface area contributed by atoms with Gasteiger partial charge in [-0.05, 0) is 47.5 Å². The van der Waals surface area contributed by atoms with Crippen LogP contribution in [0.15, 0.2) is 22.7 Å². The van der Waals surface area contributed by atoms with E-state index in [2.05, 4.69) is 21.2 Å². The molecular formula is C14H16BrClN2O2. The van der Waals surface area contributed by atoms with Gasteiger partial charge in [0.05, 0.1) is 5.02 Å². The Labute approximate surface area is 131 Å². The maximum atomic E-state index is 12.1. The number of amides is 2. The maximum Gasteiger partial charge on any atom is 0.251 e. The maximum absolute atomic E-state index is 12.1. The van der Waals surface area contributed by atoms with Crippen LogP contribution in [-0.2, 0) is 4.79 Å². The number of nitrogens with one attached hydrogen (secondary N) is 1. The molecule has 1 fully saturated rings. The summed E-state index contributed by atoms with van der Waals surface area (Å²) in [6.45, 7) is 3.24. The van der Waals surface area contributed by atoms with Crippen molar-refractivity contribution in [2.45, 2.75) is 25.8 Å². The molecule has 2 rings (SSSR count). The number of rotatable bonds is 4. The molecule has 20 heavy (non-hydrogen) atoms. The average Bonchev–Trinajstić information content (AvgIpc) is 2.78. The van der Waals surface area contributed by atoms with Gasteiger partial charge in [-0.15, -0.1) is 0 Å². The van der Waals surface area contributed by atoms with Crippen LogP contribution in [-0.4, -0.2) is 35.8 Å². The van der Waals surface area contributed by atoms with Crippen LogP contribution in [0.25, 0.3) is 0 Å². The fourth-order valence-electron chi connectivity index (χ4n) is 2.22. The molecule has 0 spiro atoms. The van der Waals surface area contributed by atoms with E-state index in [-0.39, 0.29) is 17.9 Å². The van der Waals surface area contributed by atoms with Crippen LogP contribution in [0.2, 0.25) is 5.02 Å². The van der Waals surface area contributed by atoms with Gasteiger partial charge in [0.2, 0.25) is 5.91 Å². The topological polar surface area (TPSA) is 49.4 Å². The fourth-order valence-corrected chi connectivity index (χ4v) is 2.71. The minimum absolute atomic E-state index is 0.0843. The quantitative estimate of drug-likeness (QED) is 0.898. The summed E-state index contributed by atoms with van der Waals surface area (Å²) in [6.07, 6.45) is 1.52. The number of likely N-dealkylation sites (tertiary alicyclic amines) is 1. The third kappa shape index (κ3) is 3.73. The molecule has 1 saturated heterocycles. The van der Waals surface area contributed by atoms with Crippen LogP contribution in [0.4, 0.5) is 0 Å². The summed E-state index contributed by atoms with van der Waals surface area (Å²) in [5.74, 6) is 0.00171. The summed E-state index contributed by atoms with van der Waals surface area (Å²) in [7, 11) is 0. The zero-order valence-electron chi connectivity index (χ0n) is 11.2. The van der Waals surface area contributed by atoms with Crippen molar-refractivity contribution in [3.63, 3.8) is 0 Å². The average molecular weight is 360 g/mol. The minimum Gasteiger partial charge on any atom is -0.348 e. The van der Waals surface area contributed by atoms with E-state index < -0.39 is 0 Å². The predicted molar refractivity (Wildman–Crippen MR) is 81.9 cm³/mol.